The summed E-state index contributed by atoms with van der Waals surface area (Å²) >= 11 is 11.2. The number of fused-ring (bicyclic) bond motifs is 2. The minimum absolute atomic E-state index is 0.194. The van der Waals surface area contributed by atoms with Gasteiger partial charge in [0.25, 0.3) is 0 Å². The van der Waals surface area contributed by atoms with Gasteiger partial charge in [0.2, 0.25) is 0 Å². The monoisotopic (exact) mass is 253 g/mol. The number of halogens is 2. The van der Waals surface area contributed by atoms with Crippen LogP contribution in [0.3, 0.4) is 0 Å². The van der Waals surface area contributed by atoms with Crippen LogP contribution >= 0.6 is 23.2 Å². The van der Waals surface area contributed by atoms with Crippen LogP contribution in [-0.4, -0.2) is 19.6 Å². The Kier molecular flexibility index (Phi) is 2.35. The molecule has 9 heteroatoms. The van der Waals surface area contributed by atoms with Gasteiger partial charge in [0.05, 0.1) is 0 Å². The third kappa shape index (κ3) is 1.30. The first-order valence-corrected chi connectivity index (χ1v) is 4.94. The molecule has 3 aromatic rings. The van der Waals surface area contributed by atoms with E-state index in [1.54, 1.807) is 0 Å². The Morgan fingerprint density at radius 2 is 1.67 bits per heavy atom. The van der Waals surface area contributed by atoms with Crippen molar-refractivity contribution in [1.29, 1.82) is 0 Å². The van der Waals surface area contributed by atoms with Gasteiger partial charge in [-0.25, -0.2) is 19.0 Å². The Balaban J connectivity index is 2.67. The lowest BCUT2D eigenvalue weighted by molar-refractivity contribution is 0.0817. The molecule has 1 unspecified atom stereocenters. The number of aromatic nitrogens is 3. The van der Waals surface area contributed by atoms with Gasteiger partial charge < -0.3 is 0 Å². The molecule has 3 heterocycles. The van der Waals surface area contributed by atoms with Crippen molar-refractivity contribution < 1.29 is 4.63 Å². The van der Waals surface area contributed by atoms with E-state index in [1.807, 2.05) is 0 Å². The molecule has 3 rings (SSSR count). The number of nitrogens with zero attached hydrogens (tertiary/aromatic N) is 3. The van der Waals surface area contributed by atoms with Gasteiger partial charge in [-0.2, -0.15) is 0 Å². The number of hydrogen-bond donors (Lipinski definition) is 0. The highest BCUT2D eigenvalue weighted by molar-refractivity contribution is 6.21. The Morgan fingerprint density at radius 1 is 1.13 bits per heavy atom. The highest BCUT2D eigenvalue weighted by Crippen LogP contribution is 2.12. The third-order valence-corrected chi connectivity index (χ3v) is 2.53. The fraction of sp³-hybridized carbons (Fsp3) is 0.500. The summed E-state index contributed by atoms with van der Waals surface area (Å²) in [6.07, 6.45) is 0.233. The lowest BCUT2D eigenvalue weighted by Crippen LogP contribution is -2.55. The molecule has 0 aliphatic rings. The average Bonchev–Trinajstić information content (AvgIpc) is 2.15. The molecule has 0 aliphatic carbocycles. The fourth-order valence-electron chi connectivity index (χ4n) is 1.17. The lowest BCUT2D eigenvalue weighted by atomic mass is 10.5. The first-order chi connectivity index (χ1) is 7.07. The number of alkyl halides is 2. The molecule has 0 N–H and O–H groups in total. The quantitative estimate of drug-likeness (QED) is 0.679. The van der Waals surface area contributed by atoms with Crippen LogP contribution in [0.25, 0.3) is 0 Å². The van der Waals surface area contributed by atoms with Gasteiger partial charge in [-0.1, -0.05) is 11.6 Å². The van der Waals surface area contributed by atoms with Crippen LogP contribution in [0.4, 0.5) is 0 Å². The molecule has 15 heavy (non-hydrogen) atoms. The van der Waals surface area contributed by atoms with Crippen molar-refractivity contribution in [1.82, 2.24) is 13.7 Å². The molecule has 0 fully saturated rings. The molecule has 0 aromatic carbocycles. The van der Waals surface area contributed by atoms with Gasteiger partial charge in [-0.05, 0) is 15.6 Å². The average molecular weight is 254 g/mol. The van der Waals surface area contributed by atoms with Crippen molar-refractivity contribution in [3.05, 3.63) is 31.5 Å². The van der Waals surface area contributed by atoms with Crippen molar-refractivity contribution in [2.45, 2.75) is 11.9 Å². The first-order valence-electron chi connectivity index (χ1n) is 3.97. The fourth-order valence-corrected chi connectivity index (χ4v) is 1.77. The standard InChI is InChI=1S/C6H5Cl2N3O4/c7-2-1-3(8)9-4(12)10-6(14)11(15-10)5(9)13/h3H,1-2H2. The molecule has 82 valence electrons. The maximum absolute atomic E-state index is 11.4. The Morgan fingerprint density at radius 3 is 2.07 bits per heavy atom. The maximum Gasteiger partial charge on any atom is 0.408 e. The third-order valence-electron chi connectivity index (χ3n) is 1.90. The van der Waals surface area contributed by atoms with E-state index in [1.165, 1.54) is 0 Å². The van der Waals surface area contributed by atoms with Crippen LogP contribution in [0.2, 0.25) is 0 Å². The zero-order valence-corrected chi connectivity index (χ0v) is 8.73. The van der Waals surface area contributed by atoms with E-state index in [-0.39, 0.29) is 12.3 Å². The Labute approximate surface area is 91.3 Å². The Bertz CT molecular complexity index is 591. The second-order valence-corrected chi connectivity index (χ2v) is 3.68. The van der Waals surface area contributed by atoms with Gasteiger partial charge in [0.1, 0.15) is 5.50 Å². The van der Waals surface area contributed by atoms with Gasteiger partial charge in [0, 0.05) is 5.88 Å². The second-order valence-electron chi connectivity index (χ2n) is 2.80. The smallest absolute Gasteiger partial charge is 0.263 e. The van der Waals surface area contributed by atoms with Gasteiger partial charge in [-0.15, -0.1) is 11.6 Å². The molecule has 0 spiro atoms. The van der Waals surface area contributed by atoms with Crippen molar-refractivity contribution >= 4 is 23.2 Å². The van der Waals surface area contributed by atoms with E-state index in [0.717, 1.165) is 4.57 Å². The summed E-state index contributed by atoms with van der Waals surface area (Å²) in [4.78, 5) is 33.8. The predicted molar refractivity (Wildman–Crippen MR) is 51.3 cm³/mol. The highest BCUT2D eigenvalue weighted by atomic mass is 35.5. The molecular formula is C6H5Cl2N3O4. The van der Waals surface area contributed by atoms with Crippen LogP contribution in [0.15, 0.2) is 19.0 Å². The molecule has 0 aliphatic heterocycles. The van der Waals surface area contributed by atoms with Crippen LogP contribution in [0.5, 0.6) is 0 Å². The molecule has 0 saturated carbocycles. The van der Waals surface area contributed by atoms with E-state index < -0.39 is 22.6 Å². The van der Waals surface area contributed by atoms with Crippen molar-refractivity contribution in [3.8, 4) is 0 Å². The number of hydrogen-bond acceptors (Lipinski definition) is 4. The summed E-state index contributed by atoms with van der Waals surface area (Å²) in [5.41, 5.74) is -3.48. The van der Waals surface area contributed by atoms with E-state index in [0.29, 0.717) is 9.15 Å². The summed E-state index contributed by atoms with van der Waals surface area (Å²) in [6, 6.07) is 0. The normalized spacial score (nSPS) is 13.7. The Hall–Kier alpha value is -1.21. The zero-order valence-electron chi connectivity index (χ0n) is 7.22. The summed E-state index contributed by atoms with van der Waals surface area (Å²) < 4.78 is 6.07. The topological polar surface area (TPSA) is 78.1 Å². The molecule has 2 bridgehead atoms. The van der Waals surface area contributed by atoms with Crippen molar-refractivity contribution in [2.75, 3.05) is 5.88 Å². The molecule has 0 saturated heterocycles. The summed E-state index contributed by atoms with van der Waals surface area (Å²) in [5, 5.41) is 0. The van der Waals surface area contributed by atoms with Crippen LogP contribution < -0.4 is 17.1 Å². The zero-order chi connectivity index (χ0) is 11.2. The molecule has 7 nitrogen and oxygen atoms in total. The molecule has 3 aromatic heterocycles. The van der Waals surface area contributed by atoms with Gasteiger partial charge >= 0.3 is 17.1 Å². The summed E-state index contributed by atoms with van der Waals surface area (Å²) in [5.74, 6) is 0.194. The lowest BCUT2D eigenvalue weighted by Gasteiger charge is -2.12. The molecule has 0 amide bonds. The van der Waals surface area contributed by atoms with E-state index >= 15 is 0 Å². The second kappa shape index (κ2) is 3.42. The SMILES string of the molecule is O=c1n(C(Cl)CCCl)c(=O)n2on1c2=O. The number of rotatable bonds is 3. The molecule has 0 radical (unpaired) electrons. The first kappa shape index (κ1) is 10.3. The van der Waals surface area contributed by atoms with Gasteiger partial charge in [0.15, 0.2) is 0 Å². The van der Waals surface area contributed by atoms with Crippen LogP contribution in [0.1, 0.15) is 11.9 Å². The van der Waals surface area contributed by atoms with Crippen LogP contribution in [-0.2, 0) is 0 Å². The van der Waals surface area contributed by atoms with E-state index in [4.69, 9.17) is 23.2 Å². The van der Waals surface area contributed by atoms with Gasteiger partial charge in [-0.3, -0.25) is 4.63 Å². The predicted octanol–water partition coefficient (Wildman–Crippen LogP) is -0.682. The minimum atomic E-state index is -0.891. The van der Waals surface area contributed by atoms with Crippen molar-refractivity contribution in [2.24, 2.45) is 0 Å². The minimum Gasteiger partial charge on any atom is -0.263 e. The van der Waals surface area contributed by atoms with Crippen LogP contribution in [0, 0.1) is 0 Å². The maximum atomic E-state index is 11.4. The summed E-state index contributed by atoms with van der Waals surface area (Å²) in [6.45, 7) is 0. The van der Waals surface area contributed by atoms with E-state index in [2.05, 4.69) is 4.63 Å². The van der Waals surface area contributed by atoms with Crippen molar-refractivity contribution in [3.63, 3.8) is 0 Å². The molecular weight excluding hydrogens is 249 g/mol. The highest BCUT2D eigenvalue weighted by Gasteiger charge is 2.23. The molecule has 1 atom stereocenters. The largest absolute Gasteiger partial charge is 0.408 e. The summed E-state index contributed by atoms with van der Waals surface area (Å²) in [7, 11) is 0. The van der Waals surface area contributed by atoms with E-state index in [9.17, 15) is 14.4 Å².